The van der Waals surface area contributed by atoms with Gasteiger partial charge in [0.25, 0.3) is 0 Å². The van der Waals surface area contributed by atoms with E-state index in [-0.39, 0.29) is 57.3 Å². The van der Waals surface area contributed by atoms with Crippen molar-refractivity contribution < 1.29 is 56.2 Å². The maximum atomic E-state index is 10.4. The third-order valence-electron chi connectivity index (χ3n) is 0.820. The van der Waals surface area contributed by atoms with Crippen molar-refractivity contribution in [2.45, 2.75) is 19.8 Å². The molecule has 0 atom stereocenters. The van der Waals surface area contributed by atoms with Crippen LogP contribution in [-0.4, -0.2) is 12.5 Å². The molecule has 0 aliphatic carbocycles. The Hall–Kier alpha value is 1.11. The predicted octanol–water partition coefficient (Wildman–Crippen LogP) is -2.26. The molecule has 0 rings (SSSR count). The van der Waals surface area contributed by atoms with Crippen LogP contribution < -0.4 is 56.7 Å². The average molecular weight is 153 g/mol. The molecule has 0 aromatic heterocycles. The normalized spacial score (nSPS) is 7.78. The van der Waals surface area contributed by atoms with Gasteiger partial charge < -0.3 is 12.2 Å². The SMILES string of the molecule is [CH2-]CCNC(=O)CC.[K+]. The van der Waals surface area contributed by atoms with Crippen LogP contribution in [0.5, 0.6) is 0 Å². The zero-order valence-electron chi connectivity index (χ0n) is 6.24. The fourth-order valence-electron chi connectivity index (χ4n) is 0.353. The number of rotatable bonds is 3. The molecule has 0 saturated heterocycles. The number of hydrogen-bond acceptors (Lipinski definition) is 1. The van der Waals surface area contributed by atoms with Crippen molar-refractivity contribution in [2.75, 3.05) is 6.54 Å². The third kappa shape index (κ3) is 9.11. The standard InChI is InChI=1S/C6H12NO.K/c1-3-5-7-6(8)4-2;/h1,3-5H2,2H3,(H,7,8);/q-1;+1. The molecule has 9 heavy (non-hydrogen) atoms. The fourth-order valence-corrected chi connectivity index (χ4v) is 0.353. The molecule has 0 bridgehead atoms. The second-order valence-corrected chi connectivity index (χ2v) is 1.56. The summed E-state index contributed by atoms with van der Waals surface area (Å²) in [6, 6.07) is 0. The van der Waals surface area contributed by atoms with Gasteiger partial charge in [-0.1, -0.05) is 6.92 Å². The monoisotopic (exact) mass is 153 g/mol. The third-order valence-corrected chi connectivity index (χ3v) is 0.820. The Morgan fingerprint density at radius 1 is 1.67 bits per heavy atom. The first-order valence-corrected chi connectivity index (χ1v) is 2.87. The molecule has 0 radical (unpaired) electrons. The number of amides is 1. The smallest absolute Gasteiger partial charge is 0.359 e. The topological polar surface area (TPSA) is 29.1 Å². The average Bonchev–Trinajstić information content (AvgIpc) is 1.83. The molecule has 0 spiro atoms. The first-order chi connectivity index (χ1) is 3.81. The summed E-state index contributed by atoms with van der Waals surface area (Å²) in [5.74, 6) is 0.105. The molecule has 1 amide bonds. The van der Waals surface area contributed by atoms with Crippen LogP contribution in [0, 0.1) is 6.92 Å². The van der Waals surface area contributed by atoms with Gasteiger partial charge in [-0.05, 0) is 6.54 Å². The summed E-state index contributed by atoms with van der Waals surface area (Å²) in [5.41, 5.74) is 0. The number of carbonyl (C=O) groups excluding carboxylic acids is 1. The van der Waals surface area contributed by atoms with Crippen LogP contribution in [0.4, 0.5) is 0 Å². The van der Waals surface area contributed by atoms with Crippen molar-refractivity contribution in [3.05, 3.63) is 6.92 Å². The molecule has 0 saturated carbocycles. The second-order valence-electron chi connectivity index (χ2n) is 1.56. The van der Waals surface area contributed by atoms with Crippen molar-refractivity contribution in [1.82, 2.24) is 5.32 Å². The van der Waals surface area contributed by atoms with Gasteiger partial charge in [-0.3, -0.25) is 4.79 Å². The summed E-state index contributed by atoms with van der Waals surface area (Å²) in [4.78, 5) is 10.4. The molecule has 0 aliphatic heterocycles. The first-order valence-electron chi connectivity index (χ1n) is 2.87. The van der Waals surface area contributed by atoms with Crippen molar-refractivity contribution in [3.8, 4) is 0 Å². The minimum atomic E-state index is 0. The van der Waals surface area contributed by atoms with Gasteiger partial charge in [-0.15, -0.1) is 0 Å². The van der Waals surface area contributed by atoms with Crippen molar-refractivity contribution >= 4 is 5.91 Å². The minimum absolute atomic E-state index is 0. The van der Waals surface area contributed by atoms with Gasteiger partial charge in [-0.2, -0.15) is 6.42 Å². The Bertz CT molecular complexity index is 75.5. The molecule has 0 aromatic rings. The number of hydrogen-bond donors (Lipinski definition) is 1. The van der Waals surface area contributed by atoms with Crippen LogP contribution in [0.15, 0.2) is 0 Å². The molecule has 2 nitrogen and oxygen atoms in total. The summed E-state index contributed by atoms with van der Waals surface area (Å²) in [6.45, 7) is 6.11. The van der Waals surface area contributed by atoms with E-state index in [0.29, 0.717) is 13.0 Å². The largest absolute Gasteiger partial charge is 1.00 e. The van der Waals surface area contributed by atoms with Crippen LogP contribution >= 0.6 is 0 Å². The molecular weight excluding hydrogens is 141 g/mol. The van der Waals surface area contributed by atoms with Crippen LogP contribution in [0.25, 0.3) is 0 Å². The van der Waals surface area contributed by atoms with E-state index in [1.54, 1.807) is 0 Å². The molecular formula is C6H12KNO. The van der Waals surface area contributed by atoms with E-state index >= 15 is 0 Å². The molecule has 48 valence electrons. The Morgan fingerprint density at radius 3 is 2.56 bits per heavy atom. The fraction of sp³-hybridized carbons (Fsp3) is 0.667. The van der Waals surface area contributed by atoms with Crippen LogP contribution in [0.2, 0.25) is 0 Å². The quantitative estimate of drug-likeness (QED) is 0.360. The van der Waals surface area contributed by atoms with E-state index in [0.717, 1.165) is 6.42 Å². The second kappa shape index (κ2) is 9.11. The van der Waals surface area contributed by atoms with Gasteiger partial charge in [0.1, 0.15) is 0 Å². The van der Waals surface area contributed by atoms with Crippen molar-refractivity contribution in [3.63, 3.8) is 0 Å². The Kier molecular flexibility index (Phi) is 12.9. The molecule has 0 heterocycles. The van der Waals surface area contributed by atoms with Gasteiger partial charge in [-0.25, -0.2) is 0 Å². The molecule has 0 unspecified atom stereocenters. The van der Waals surface area contributed by atoms with E-state index in [9.17, 15) is 4.79 Å². The van der Waals surface area contributed by atoms with Crippen LogP contribution in [-0.2, 0) is 4.79 Å². The Labute approximate surface area is 99.2 Å². The van der Waals surface area contributed by atoms with Gasteiger partial charge in [0, 0.05) is 6.42 Å². The van der Waals surface area contributed by atoms with E-state index in [4.69, 9.17) is 0 Å². The molecule has 0 aromatic carbocycles. The van der Waals surface area contributed by atoms with Gasteiger partial charge in [0.15, 0.2) is 0 Å². The Balaban J connectivity index is 0. The van der Waals surface area contributed by atoms with E-state index in [1.807, 2.05) is 6.92 Å². The Morgan fingerprint density at radius 2 is 2.22 bits per heavy atom. The number of carbonyl (C=O) groups is 1. The predicted molar refractivity (Wildman–Crippen MR) is 33.3 cm³/mol. The summed E-state index contributed by atoms with van der Waals surface area (Å²) in [6.07, 6.45) is 1.34. The molecule has 1 N–H and O–H groups in total. The van der Waals surface area contributed by atoms with E-state index < -0.39 is 0 Å². The van der Waals surface area contributed by atoms with Gasteiger partial charge in [0.05, 0.1) is 0 Å². The maximum absolute atomic E-state index is 10.4. The van der Waals surface area contributed by atoms with E-state index in [1.165, 1.54) is 0 Å². The van der Waals surface area contributed by atoms with Crippen LogP contribution in [0.3, 0.4) is 0 Å². The summed E-state index contributed by atoms with van der Waals surface area (Å²) < 4.78 is 0. The zero-order valence-corrected chi connectivity index (χ0v) is 9.36. The molecule has 0 fully saturated rings. The zero-order chi connectivity index (χ0) is 6.41. The minimum Gasteiger partial charge on any atom is -0.359 e. The van der Waals surface area contributed by atoms with Crippen molar-refractivity contribution in [1.29, 1.82) is 0 Å². The molecule has 0 aliphatic rings. The first kappa shape index (κ1) is 12.8. The maximum Gasteiger partial charge on any atom is 1.00 e. The molecule has 3 heteroatoms. The summed E-state index contributed by atoms with van der Waals surface area (Å²) >= 11 is 0. The van der Waals surface area contributed by atoms with Gasteiger partial charge in [0.2, 0.25) is 5.91 Å². The van der Waals surface area contributed by atoms with E-state index in [2.05, 4.69) is 12.2 Å². The summed E-state index contributed by atoms with van der Waals surface area (Å²) in [5, 5.41) is 2.68. The van der Waals surface area contributed by atoms with Gasteiger partial charge >= 0.3 is 51.4 Å². The summed E-state index contributed by atoms with van der Waals surface area (Å²) in [7, 11) is 0. The van der Waals surface area contributed by atoms with Crippen LogP contribution in [0.1, 0.15) is 19.8 Å². The number of nitrogens with one attached hydrogen (secondary N) is 1. The van der Waals surface area contributed by atoms with Crippen molar-refractivity contribution in [2.24, 2.45) is 0 Å².